The van der Waals surface area contributed by atoms with E-state index in [1.54, 1.807) is 0 Å². The van der Waals surface area contributed by atoms with E-state index in [4.69, 9.17) is 11.5 Å². The van der Waals surface area contributed by atoms with E-state index in [9.17, 15) is 9.59 Å². The van der Waals surface area contributed by atoms with Crippen molar-refractivity contribution in [3.05, 3.63) is 0 Å². The summed E-state index contributed by atoms with van der Waals surface area (Å²) in [5, 5.41) is 2.11. The van der Waals surface area contributed by atoms with Gasteiger partial charge in [-0.05, 0) is 38.1 Å². The van der Waals surface area contributed by atoms with Crippen LogP contribution in [0.2, 0.25) is 0 Å². The Morgan fingerprint density at radius 2 is 1.79 bits per heavy atom. The van der Waals surface area contributed by atoms with Gasteiger partial charge < -0.3 is 11.5 Å². The lowest BCUT2D eigenvalue weighted by atomic mass is 9.81. The molecule has 0 aliphatic heterocycles. The zero-order valence-corrected chi connectivity index (χ0v) is 8.16. The number of urea groups is 1. The maximum atomic E-state index is 11.4. The van der Waals surface area contributed by atoms with Gasteiger partial charge in [-0.2, -0.15) is 0 Å². The quantitative estimate of drug-likeness (QED) is 0.581. The van der Waals surface area contributed by atoms with Crippen molar-refractivity contribution >= 4 is 11.9 Å². The zero-order chi connectivity index (χ0) is 10.6. The van der Waals surface area contributed by atoms with Gasteiger partial charge in [0.2, 0.25) is 5.91 Å². The van der Waals surface area contributed by atoms with Gasteiger partial charge >= 0.3 is 6.03 Å². The number of hydrogen-bond donors (Lipinski definition) is 3. The molecule has 0 aromatic rings. The van der Waals surface area contributed by atoms with Gasteiger partial charge in [0, 0.05) is 5.92 Å². The summed E-state index contributed by atoms with van der Waals surface area (Å²) in [7, 11) is 0. The second-order valence-electron chi connectivity index (χ2n) is 3.81. The van der Waals surface area contributed by atoms with Crippen molar-refractivity contribution in [1.82, 2.24) is 5.32 Å². The molecule has 0 heterocycles. The molecule has 5 N–H and O–H groups in total. The lowest BCUT2D eigenvalue weighted by Gasteiger charge is -2.26. The second kappa shape index (κ2) is 4.95. The Hall–Kier alpha value is -1.10. The smallest absolute Gasteiger partial charge is 0.318 e. The number of nitrogens with one attached hydrogen (secondary N) is 1. The monoisotopic (exact) mass is 199 g/mol. The first-order chi connectivity index (χ1) is 6.63. The van der Waals surface area contributed by atoms with Gasteiger partial charge in [0.25, 0.3) is 0 Å². The van der Waals surface area contributed by atoms with Crippen LogP contribution in [0.5, 0.6) is 0 Å². The molecule has 80 valence electrons. The van der Waals surface area contributed by atoms with E-state index in [1.807, 2.05) is 0 Å². The van der Waals surface area contributed by atoms with Crippen molar-refractivity contribution in [2.75, 3.05) is 6.54 Å². The molecule has 1 aliphatic carbocycles. The minimum Gasteiger partial charge on any atom is -0.351 e. The van der Waals surface area contributed by atoms with Gasteiger partial charge in [0.05, 0.1) is 0 Å². The van der Waals surface area contributed by atoms with E-state index in [-0.39, 0.29) is 11.8 Å². The van der Waals surface area contributed by atoms with E-state index in [2.05, 4.69) is 5.32 Å². The van der Waals surface area contributed by atoms with Crippen LogP contribution in [0.1, 0.15) is 25.7 Å². The van der Waals surface area contributed by atoms with Crippen molar-refractivity contribution < 1.29 is 9.59 Å². The summed E-state index contributed by atoms with van der Waals surface area (Å²) in [5.74, 6) is 0.228. The van der Waals surface area contributed by atoms with Gasteiger partial charge in [-0.3, -0.25) is 10.1 Å². The summed E-state index contributed by atoms with van der Waals surface area (Å²) in [6.45, 7) is 0.685. The van der Waals surface area contributed by atoms with Crippen LogP contribution in [0.4, 0.5) is 4.79 Å². The third-order valence-electron chi connectivity index (χ3n) is 2.80. The number of primary amides is 1. The van der Waals surface area contributed by atoms with E-state index in [0.29, 0.717) is 12.5 Å². The largest absolute Gasteiger partial charge is 0.351 e. The third kappa shape index (κ3) is 2.99. The molecule has 1 fully saturated rings. The molecule has 14 heavy (non-hydrogen) atoms. The highest BCUT2D eigenvalue weighted by Gasteiger charge is 2.25. The number of amides is 3. The van der Waals surface area contributed by atoms with Crippen molar-refractivity contribution in [2.45, 2.75) is 25.7 Å². The first-order valence-electron chi connectivity index (χ1n) is 4.94. The third-order valence-corrected chi connectivity index (χ3v) is 2.80. The Balaban J connectivity index is 2.34. The first kappa shape index (κ1) is 11.0. The van der Waals surface area contributed by atoms with Gasteiger partial charge in [0.15, 0.2) is 0 Å². The van der Waals surface area contributed by atoms with Gasteiger partial charge in [-0.25, -0.2) is 4.79 Å². The average Bonchev–Trinajstić information content (AvgIpc) is 2.17. The Morgan fingerprint density at radius 1 is 1.21 bits per heavy atom. The maximum absolute atomic E-state index is 11.4. The molecular formula is C9H17N3O2. The predicted molar refractivity (Wildman–Crippen MR) is 52.2 cm³/mol. The molecule has 5 heteroatoms. The average molecular weight is 199 g/mol. The number of hydrogen-bond acceptors (Lipinski definition) is 3. The van der Waals surface area contributed by atoms with Gasteiger partial charge in [-0.1, -0.05) is 0 Å². The summed E-state index contributed by atoms with van der Waals surface area (Å²) in [5.41, 5.74) is 10.4. The Bertz CT molecular complexity index is 222. The fourth-order valence-corrected chi connectivity index (χ4v) is 1.88. The summed E-state index contributed by atoms with van der Waals surface area (Å²) in [6, 6.07) is -0.768. The fourth-order valence-electron chi connectivity index (χ4n) is 1.88. The summed E-state index contributed by atoms with van der Waals surface area (Å²) < 4.78 is 0. The first-order valence-corrected chi connectivity index (χ1v) is 4.94. The summed E-state index contributed by atoms with van der Waals surface area (Å²) >= 11 is 0. The number of nitrogens with two attached hydrogens (primary N) is 2. The van der Waals surface area contributed by atoms with Crippen LogP contribution in [0, 0.1) is 11.8 Å². The van der Waals surface area contributed by atoms with Gasteiger partial charge in [0.1, 0.15) is 0 Å². The molecule has 5 nitrogen and oxygen atoms in total. The van der Waals surface area contributed by atoms with E-state index < -0.39 is 6.03 Å². The predicted octanol–water partition coefficient (Wildman–Crippen LogP) is -0.0536. The topological polar surface area (TPSA) is 98.2 Å². The fraction of sp³-hybridized carbons (Fsp3) is 0.778. The van der Waals surface area contributed by atoms with E-state index in [0.717, 1.165) is 25.7 Å². The number of imide groups is 1. The summed E-state index contributed by atoms with van der Waals surface area (Å²) in [6.07, 6.45) is 3.54. The molecular weight excluding hydrogens is 182 g/mol. The van der Waals surface area contributed by atoms with Crippen LogP contribution >= 0.6 is 0 Å². The van der Waals surface area contributed by atoms with Crippen molar-refractivity contribution in [3.63, 3.8) is 0 Å². The molecule has 0 spiro atoms. The summed E-state index contributed by atoms with van der Waals surface area (Å²) in [4.78, 5) is 21.8. The number of carbonyl (C=O) groups excluding carboxylic acids is 2. The molecule has 0 aromatic heterocycles. The highest BCUT2D eigenvalue weighted by molar-refractivity contribution is 5.94. The Kier molecular flexibility index (Phi) is 3.88. The standard InChI is InChI=1S/C9H17N3O2/c10-5-6-1-3-7(4-2-6)8(13)12-9(11)14/h6-7H,1-5,10H2,(H3,11,12,13,14). The highest BCUT2D eigenvalue weighted by Crippen LogP contribution is 2.27. The van der Waals surface area contributed by atoms with Crippen molar-refractivity contribution in [2.24, 2.45) is 23.3 Å². The zero-order valence-electron chi connectivity index (χ0n) is 8.16. The molecule has 0 atom stereocenters. The second-order valence-corrected chi connectivity index (χ2v) is 3.81. The molecule has 1 aliphatic rings. The molecule has 0 unspecified atom stereocenters. The lowest BCUT2D eigenvalue weighted by molar-refractivity contribution is -0.125. The lowest BCUT2D eigenvalue weighted by Crippen LogP contribution is -2.40. The highest BCUT2D eigenvalue weighted by atomic mass is 16.2. The Labute approximate surface area is 83.2 Å². The molecule has 0 aromatic carbocycles. The molecule has 0 saturated heterocycles. The Morgan fingerprint density at radius 3 is 2.21 bits per heavy atom. The van der Waals surface area contributed by atoms with Gasteiger partial charge in [-0.15, -0.1) is 0 Å². The molecule has 0 bridgehead atoms. The van der Waals surface area contributed by atoms with Crippen LogP contribution < -0.4 is 16.8 Å². The maximum Gasteiger partial charge on any atom is 0.318 e. The molecule has 0 radical (unpaired) electrons. The molecule has 1 rings (SSSR count). The van der Waals surface area contributed by atoms with Crippen LogP contribution in [0.25, 0.3) is 0 Å². The van der Waals surface area contributed by atoms with Crippen molar-refractivity contribution in [1.29, 1.82) is 0 Å². The van der Waals surface area contributed by atoms with Crippen molar-refractivity contribution in [3.8, 4) is 0 Å². The SMILES string of the molecule is NCC1CCC(C(=O)NC(N)=O)CC1. The normalized spacial score (nSPS) is 26.9. The van der Waals surface area contributed by atoms with Crippen LogP contribution in [0.3, 0.4) is 0 Å². The molecule has 3 amide bonds. The van der Waals surface area contributed by atoms with E-state index in [1.165, 1.54) is 0 Å². The van der Waals surface area contributed by atoms with Crippen LogP contribution in [-0.2, 0) is 4.79 Å². The molecule has 1 saturated carbocycles. The number of carbonyl (C=O) groups is 2. The minimum atomic E-state index is -0.768. The number of rotatable bonds is 2. The van der Waals surface area contributed by atoms with E-state index >= 15 is 0 Å². The van der Waals surface area contributed by atoms with Crippen LogP contribution in [0.15, 0.2) is 0 Å². The van der Waals surface area contributed by atoms with Crippen LogP contribution in [-0.4, -0.2) is 18.5 Å². The minimum absolute atomic E-state index is 0.0645.